The van der Waals surface area contributed by atoms with Gasteiger partial charge in [0.25, 0.3) is 0 Å². The third kappa shape index (κ3) is 4.02. The summed E-state index contributed by atoms with van der Waals surface area (Å²) in [5.74, 6) is 0.172. The Morgan fingerprint density at radius 2 is 1.83 bits per heavy atom. The summed E-state index contributed by atoms with van der Waals surface area (Å²) in [6.07, 6.45) is 2.37. The second-order valence-corrected chi connectivity index (χ2v) is 7.35. The summed E-state index contributed by atoms with van der Waals surface area (Å²) >= 11 is 0. The number of amides is 1. The molecule has 1 amide bonds. The average Bonchev–Trinajstić information content (AvgIpc) is 3.04. The number of benzene rings is 1. The number of halogens is 1. The number of nitrogens with one attached hydrogen (secondary N) is 1. The Hall–Kier alpha value is -2.17. The van der Waals surface area contributed by atoms with Crippen molar-refractivity contribution in [2.75, 3.05) is 6.54 Å². The third-order valence-electron chi connectivity index (χ3n) is 4.48. The quantitative estimate of drug-likeness (QED) is 0.857. The van der Waals surface area contributed by atoms with Gasteiger partial charge in [0.05, 0.1) is 5.69 Å². The van der Waals surface area contributed by atoms with E-state index in [2.05, 4.69) is 10.3 Å². The minimum atomic E-state index is -0.390. The average molecular weight is 332 g/mol. The van der Waals surface area contributed by atoms with Crippen molar-refractivity contribution in [1.82, 2.24) is 10.3 Å². The van der Waals surface area contributed by atoms with Crippen molar-refractivity contribution in [3.8, 4) is 11.5 Å². The van der Waals surface area contributed by atoms with E-state index in [0.29, 0.717) is 12.4 Å². The lowest BCUT2D eigenvalue weighted by molar-refractivity contribution is -0.129. The predicted molar refractivity (Wildman–Crippen MR) is 92.0 cm³/mol. The van der Waals surface area contributed by atoms with Crippen LogP contribution in [0, 0.1) is 11.2 Å². The molecule has 0 saturated heterocycles. The fourth-order valence-electron chi connectivity index (χ4n) is 2.10. The Morgan fingerprint density at radius 1 is 1.21 bits per heavy atom. The van der Waals surface area contributed by atoms with Crippen LogP contribution in [0.2, 0.25) is 0 Å². The van der Waals surface area contributed by atoms with E-state index in [1.807, 2.05) is 34.6 Å². The first kappa shape index (κ1) is 18.2. The van der Waals surface area contributed by atoms with Gasteiger partial charge in [-0.2, -0.15) is 0 Å². The number of hydrogen-bond acceptors (Lipinski definition) is 3. The summed E-state index contributed by atoms with van der Waals surface area (Å²) in [5.41, 5.74) is 0.700. The molecule has 2 rings (SSSR count). The molecular formula is C19H25FN2O2. The number of oxazole rings is 1. The fraction of sp³-hybridized carbons (Fsp3) is 0.474. The van der Waals surface area contributed by atoms with Crippen molar-refractivity contribution >= 4 is 5.91 Å². The first-order chi connectivity index (χ1) is 11.2. The van der Waals surface area contributed by atoms with Crippen molar-refractivity contribution in [2.24, 2.45) is 5.41 Å². The molecule has 0 unspecified atom stereocenters. The Kier molecular flexibility index (Phi) is 5.11. The van der Waals surface area contributed by atoms with Crippen LogP contribution in [0.1, 0.15) is 46.7 Å². The lowest BCUT2D eigenvalue weighted by Gasteiger charge is -2.27. The van der Waals surface area contributed by atoms with E-state index in [9.17, 15) is 9.18 Å². The topological polar surface area (TPSA) is 55.1 Å². The second kappa shape index (κ2) is 6.75. The molecule has 1 aromatic heterocycles. The van der Waals surface area contributed by atoms with E-state index in [1.165, 1.54) is 12.1 Å². The van der Waals surface area contributed by atoms with Crippen LogP contribution in [0.15, 0.2) is 34.9 Å². The maximum absolute atomic E-state index is 13.0. The first-order valence-electron chi connectivity index (χ1n) is 8.16. The Balaban J connectivity index is 2.10. The number of aromatic nitrogens is 1. The zero-order valence-electron chi connectivity index (χ0n) is 14.9. The molecule has 4 nitrogen and oxygen atoms in total. The molecular weight excluding hydrogens is 307 g/mol. The molecule has 130 valence electrons. The maximum Gasteiger partial charge on any atom is 0.226 e. The van der Waals surface area contributed by atoms with Gasteiger partial charge in [-0.3, -0.25) is 4.79 Å². The molecule has 2 aromatic rings. The summed E-state index contributed by atoms with van der Waals surface area (Å²) in [7, 11) is 0. The number of carbonyl (C=O) groups is 1. The molecule has 0 aliphatic heterocycles. The summed E-state index contributed by atoms with van der Waals surface area (Å²) < 4.78 is 18.5. The highest BCUT2D eigenvalue weighted by Crippen LogP contribution is 2.27. The normalized spacial score (nSPS) is 12.2. The van der Waals surface area contributed by atoms with E-state index in [1.54, 1.807) is 18.4 Å². The zero-order valence-corrected chi connectivity index (χ0v) is 14.9. The van der Waals surface area contributed by atoms with Crippen LogP contribution in [-0.2, 0) is 10.2 Å². The molecule has 5 heteroatoms. The number of hydrogen-bond donors (Lipinski definition) is 1. The molecule has 1 N–H and O–H groups in total. The third-order valence-corrected chi connectivity index (χ3v) is 4.48. The van der Waals surface area contributed by atoms with E-state index in [4.69, 9.17) is 4.42 Å². The molecule has 0 saturated carbocycles. The maximum atomic E-state index is 13.0. The predicted octanol–water partition coefficient (Wildman–Crippen LogP) is 4.31. The van der Waals surface area contributed by atoms with Crippen molar-refractivity contribution in [2.45, 2.75) is 46.5 Å². The lowest BCUT2D eigenvalue weighted by Crippen LogP contribution is -2.43. The summed E-state index contributed by atoms with van der Waals surface area (Å²) in [5, 5.41) is 3.00. The lowest BCUT2D eigenvalue weighted by atomic mass is 9.86. The second-order valence-electron chi connectivity index (χ2n) is 7.35. The van der Waals surface area contributed by atoms with Crippen LogP contribution in [0.5, 0.6) is 0 Å². The van der Waals surface area contributed by atoms with Gasteiger partial charge >= 0.3 is 0 Å². The smallest absolute Gasteiger partial charge is 0.226 e. The van der Waals surface area contributed by atoms with Gasteiger partial charge in [-0.25, -0.2) is 9.37 Å². The molecule has 24 heavy (non-hydrogen) atoms. The summed E-state index contributed by atoms with van der Waals surface area (Å²) in [6.45, 7) is 10.3. The minimum Gasteiger partial charge on any atom is -0.444 e. The van der Waals surface area contributed by atoms with Gasteiger partial charge in [-0.05, 0) is 30.7 Å². The first-order valence-corrected chi connectivity index (χ1v) is 8.16. The zero-order chi connectivity index (χ0) is 18.0. The van der Waals surface area contributed by atoms with Crippen LogP contribution < -0.4 is 5.32 Å². The van der Waals surface area contributed by atoms with Crippen molar-refractivity contribution < 1.29 is 13.6 Å². The number of nitrogens with zero attached hydrogens (tertiary/aromatic N) is 1. The highest BCUT2D eigenvalue weighted by molar-refractivity contribution is 5.81. The van der Waals surface area contributed by atoms with Crippen LogP contribution in [0.25, 0.3) is 11.5 Å². The highest BCUT2D eigenvalue weighted by Gasteiger charge is 2.30. The van der Waals surface area contributed by atoms with E-state index < -0.39 is 0 Å². The van der Waals surface area contributed by atoms with Crippen LogP contribution >= 0.6 is 0 Å². The number of carbonyl (C=O) groups excluding carboxylic acids is 1. The van der Waals surface area contributed by atoms with E-state index in [-0.39, 0.29) is 22.6 Å². The van der Waals surface area contributed by atoms with Gasteiger partial charge < -0.3 is 9.73 Å². The molecule has 0 spiro atoms. The molecule has 1 aromatic carbocycles. The Labute approximate surface area is 142 Å². The molecule has 0 fully saturated rings. The van der Waals surface area contributed by atoms with Gasteiger partial charge in [-0.15, -0.1) is 0 Å². The van der Waals surface area contributed by atoms with Crippen molar-refractivity contribution in [3.63, 3.8) is 0 Å². The Bertz CT molecular complexity index is 702. The standard InChI is InChI=1S/C19H25FN2O2/c1-6-18(2,3)17(23)21-12-19(4,5)15-11-24-16(22-15)13-7-9-14(20)10-8-13/h7-11H,6,12H2,1-5H3,(H,21,23). The van der Waals surface area contributed by atoms with Crippen LogP contribution in [0.3, 0.4) is 0 Å². The molecule has 0 bridgehead atoms. The van der Waals surface area contributed by atoms with Gasteiger partial charge in [-0.1, -0.05) is 34.6 Å². The van der Waals surface area contributed by atoms with Gasteiger partial charge in [0.15, 0.2) is 0 Å². The molecule has 1 heterocycles. The van der Waals surface area contributed by atoms with E-state index in [0.717, 1.165) is 17.7 Å². The largest absolute Gasteiger partial charge is 0.444 e. The SMILES string of the molecule is CCC(C)(C)C(=O)NCC(C)(C)c1coc(-c2ccc(F)cc2)n1. The summed E-state index contributed by atoms with van der Waals surface area (Å²) in [4.78, 5) is 16.7. The van der Waals surface area contributed by atoms with Crippen LogP contribution in [0.4, 0.5) is 4.39 Å². The molecule has 0 aliphatic carbocycles. The molecule has 0 aliphatic rings. The summed E-state index contributed by atoms with van der Waals surface area (Å²) in [6, 6.07) is 6.00. The van der Waals surface area contributed by atoms with Gasteiger partial charge in [0, 0.05) is 22.9 Å². The minimum absolute atomic E-state index is 0.0281. The van der Waals surface area contributed by atoms with Gasteiger partial charge in [0.2, 0.25) is 11.8 Å². The molecule has 0 radical (unpaired) electrons. The van der Waals surface area contributed by atoms with Crippen molar-refractivity contribution in [3.05, 3.63) is 42.0 Å². The number of rotatable bonds is 6. The van der Waals surface area contributed by atoms with E-state index >= 15 is 0 Å². The monoisotopic (exact) mass is 332 g/mol. The fourth-order valence-corrected chi connectivity index (χ4v) is 2.10. The van der Waals surface area contributed by atoms with Gasteiger partial charge in [0.1, 0.15) is 12.1 Å². The highest BCUT2D eigenvalue weighted by atomic mass is 19.1. The molecule has 0 atom stereocenters. The van der Waals surface area contributed by atoms with Crippen LogP contribution in [-0.4, -0.2) is 17.4 Å². The Morgan fingerprint density at radius 3 is 2.42 bits per heavy atom. The van der Waals surface area contributed by atoms with Crippen molar-refractivity contribution in [1.29, 1.82) is 0 Å².